The molecule has 1 aromatic carbocycles. The van der Waals surface area contributed by atoms with Crippen LogP contribution in [0, 0.1) is 11.7 Å². The van der Waals surface area contributed by atoms with Gasteiger partial charge in [-0.05, 0) is 45.1 Å². The third-order valence-electron chi connectivity index (χ3n) is 4.81. The molecule has 1 saturated heterocycles. The third-order valence-corrected chi connectivity index (χ3v) is 5.12. The molecule has 25 heavy (non-hydrogen) atoms. The van der Waals surface area contributed by atoms with Crippen LogP contribution >= 0.6 is 12.2 Å². The summed E-state index contributed by atoms with van der Waals surface area (Å²) in [7, 11) is 0. The molecule has 0 saturated carbocycles. The van der Waals surface area contributed by atoms with Crippen molar-refractivity contribution < 1.29 is 4.79 Å². The molecule has 0 radical (unpaired) electrons. The summed E-state index contributed by atoms with van der Waals surface area (Å²) in [5.41, 5.74) is 2.12. The van der Waals surface area contributed by atoms with E-state index in [2.05, 4.69) is 27.3 Å². The molecule has 2 aromatic rings. The maximum Gasteiger partial charge on any atom is 0.240 e. The van der Waals surface area contributed by atoms with E-state index < -0.39 is 0 Å². The van der Waals surface area contributed by atoms with E-state index in [9.17, 15) is 4.79 Å². The van der Waals surface area contributed by atoms with Crippen LogP contribution in [0.5, 0.6) is 0 Å². The molecule has 3 rings (SSSR count). The molecule has 1 fully saturated rings. The number of carbonyl (C=O) groups is 1. The first-order valence-corrected chi connectivity index (χ1v) is 9.22. The van der Waals surface area contributed by atoms with Crippen LogP contribution < -0.4 is 5.32 Å². The maximum absolute atomic E-state index is 12.4. The summed E-state index contributed by atoms with van der Waals surface area (Å²) in [6.07, 6.45) is 2.35. The minimum atomic E-state index is -0.0335. The highest BCUT2D eigenvalue weighted by molar-refractivity contribution is 7.71. The van der Waals surface area contributed by atoms with Crippen LogP contribution in [0.1, 0.15) is 25.3 Å². The summed E-state index contributed by atoms with van der Waals surface area (Å²) in [4.78, 5) is 14.8. The first-order chi connectivity index (χ1) is 12.1. The number of H-pyrrole nitrogens is 1. The van der Waals surface area contributed by atoms with Crippen LogP contribution in [0.15, 0.2) is 24.3 Å². The van der Waals surface area contributed by atoms with Crippen molar-refractivity contribution in [3.63, 3.8) is 0 Å². The quantitative estimate of drug-likeness (QED) is 0.778. The van der Waals surface area contributed by atoms with Gasteiger partial charge in [0.25, 0.3) is 0 Å². The number of aromatic nitrogens is 3. The highest BCUT2D eigenvalue weighted by atomic mass is 32.1. The molecule has 1 aromatic heterocycles. The van der Waals surface area contributed by atoms with E-state index in [1.54, 1.807) is 4.57 Å². The van der Waals surface area contributed by atoms with Gasteiger partial charge in [0.1, 0.15) is 6.54 Å². The van der Waals surface area contributed by atoms with Gasteiger partial charge >= 0.3 is 0 Å². The van der Waals surface area contributed by atoms with E-state index in [-0.39, 0.29) is 12.5 Å². The second-order valence-corrected chi connectivity index (χ2v) is 6.92. The van der Waals surface area contributed by atoms with Crippen molar-refractivity contribution in [2.45, 2.75) is 39.3 Å². The Balaban J connectivity index is 1.66. The lowest BCUT2D eigenvalue weighted by atomic mass is 10.1. The van der Waals surface area contributed by atoms with Crippen molar-refractivity contribution in [1.82, 2.24) is 25.0 Å². The second kappa shape index (κ2) is 7.93. The minimum Gasteiger partial charge on any atom is -0.353 e. The number of likely N-dealkylation sites (tertiary alicyclic amines) is 1. The van der Waals surface area contributed by atoms with Crippen molar-refractivity contribution in [3.05, 3.63) is 34.6 Å². The average molecular weight is 359 g/mol. The fourth-order valence-electron chi connectivity index (χ4n) is 3.36. The van der Waals surface area contributed by atoms with Gasteiger partial charge in [0.15, 0.2) is 10.6 Å². The topological polar surface area (TPSA) is 66.0 Å². The average Bonchev–Trinajstić information content (AvgIpc) is 3.21. The molecule has 7 heteroatoms. The van der Waals surface area contributed by atoms with Crippen molar-refractivity contribution in [3.8, 4) is 11.4 Å². The number of aromatic amines is 1. The fourth-order valence-corrected chi connectivity index (χ4v) is 3.56. The second-order valence-electron chi connectivity index (χ2n) is 6.53. The summed E-state index contributed by atoms with van der Waals surface area (Å²) in [6, 6.07) is 8.48. The van der Waals surface area contributed by atoms with Crippen LogP contribution in [-0.4, -0.2) is 51.2 Å². The van der Waals surface area contributed by atoms with Gasteiger partial charge < -0.3 is 5.32 Å². The van der Waals surface area contributed by atoms with Gasteiger partial charge in [0, 0.05) is 18.2 Å². The Morgan fingerprint density at radius 2 is 2.16 bits per heavy atom. The van der Waals surface area contributed by atoms with Gasteiger partial charge in [0.2, 0.25) is 5.91 Å². The van der Waals surface area contributed by atoms with E-state index >= 15 is 0 Å². The van der Waals surface area contributed by atoms with Gasteiger partial charge in [0.05, 0.1) is 0 Å². The summed E-state index contributed by atoms with van der Waals surface area (Å²) < 4.78 is 2.21. The van der Waals surface area contributed by atoms with E-state index in [0.717, 1.165) is 25.1 Å². The normalized spacial score (nSPS) is 17.8. The van der Waals surface area contributed by atoms with Crippen LogP contribution in [0.25, 0.3) is 11.4 Å². The molecule has 1 aliphatic heterocycles. The predicted octanol–water partition coefficient (Wildman–Crippen LogP) is 2.52. The maximum atomic E-state index is 12.4. The number of nitrogens with zero attached hydrogens (tertiary/aromatic N) is 3. The van der Waals surface area contributed by atoms with Gasteiger partial charge in [-0.2, -0.15) is 5.10 Å². The summed E-state index contributed by atoms with van der Waals surface area (Å²) >= 11 is 5.30. The molecule has 0 spiro atoms. The standard InChI is InChI=1S/C18H25N5OS/c1-3-22-10-4-5-15(22)11-19-16(24)12-23-17(20-21-18(23)25)14-8-6-13(2)7-9-14/h6-9,15H,3-5,10-12H2,1-2H3,(H,19,24)(H,21,25). The molecule has 1 aliphatic rings. The molecule has 1 amide bonds. The van der Waals surface area contributed by atoms with E-state index in [0.29, 0.717) is 23.2 Å². The zero-order valence-corrected chi connectivity index (χ0v) is 15.6. The van der Waals surface area contributed by atoms with Crippen molar-refractivity contribution in [2.24, 2.45) is 0 Å². The molecule has 1 unspecified atom stereocenters. The number of carbonyl (C=O) groups excluding carboxylic acids is 1. The van der Waals surface area contributed by atoms with Crippen LogP contribution in [-0.2, 0) is 11.3 Å². The lowest BCUT2D eigenvalue weighted by Gasteiger charge is -2.22. The number of benzene rings is 1. The summed E-state index contributed by atoms with van der Waals surface area (Å²) in [5.74, 6) is 0.657. The molecular formula is C18H25N5OS. The lowest BCUT2D eigenvalue weighted by Crippen LogP contribution is -2.41. The SMILES string of the molecule is CCN1CCCC1CNC(=O)Cn1c(-c2ccc(C)cc2)n[nH]c1=S. The fraction of sp³-hybridized carbons (Fsp3) is 0.500. The molecule has 0 aliphatic carbocycles. The molecular weight excluding hydrogens is 334 g/mol. The van der Waals surface area contributed by atoms with E-state index in [1.807, 2.05) is 31.2 Å². The zero-order valence-electron chi connectivity index (χ0n) is 14.8. The number of nitrogens with one attached hydrogen (secondary N) is 2. The van der Waals surface area contributed by atoms with Crippen LogP contribution in [0.2, 0.25) is 0 Å². The third kappa shape index (κ3) is 4.16. The number of aryl methyl sites for hydroxylation is 1. The Morgan fingerprint density at radius 1 is 1.40 bits per heavy atom. The number of hydrogen-bond acceptors (Lipinski definition) is 4. The first-order valence-electron chi connectivity index (χ1n) is 8.81. The Kier molecular flexibility index (Phi) is 5.65. The van der Waals surface area contributed by atoms with Gasteiger partial charge in [-0.25, -0.2) is 0 Å². The van der Waals surface area contributed by atoms with Gasteiger partial charge in [-0.3, -0.25) is 19.4 Å². The Morgan fingerprint density at radius 3 is 2.88 bits per heavy atom. The number of likely N-dealkylation sites (N-methyl/N-ethyl adjacent to an activating group) is 1. The van der Waals surface area contributed by atoms with E-state index in [1.165, 1.54) is 12.0 Å². The molecule has 6 nitrogen and oxygen atoms in total. The lowest BCUT2D eigenvalue weighted by molar-refractivity contribution is -0.121. The highest BCUT2D eigenvalue weighted by Crippen LogP contribution is 2.18. The van der Waals surface area contributed by atoms with Gasteiger partial charge in [-0.1, -0.05) is 36.8 Å². The number of rotatable bonds is 6. The molecule has 1 atom stereocenters. The van der Waals surface area contributed by atoms with Crippen molar-refractivity contribution >= 4 is 18.1 Å². The zero-order chi connectivity index (χ0) is 17.8. The first kappa shape index (κ1) is 17.8. The van der Waals surface area contributed by atoms with Crippen LogP contribution in [0.4, 0.5) is 0 Å². The van der Waals surface area contributed by atoms with Crippen molar-refractivity contribution in [1.29, 1.82) is 0 Å². The molecule has 134 valence electrons. The largest absolute Gasteiger partial charge is 0.353 e. The monoisotopic (exact) mass is 359 g/mol. The Hall–Kier alpha value is -1.99. The summed E-state index contributed by atoms with van der Waals surface area (Å²) in [5, 5.41) is 10.1. The molecule has 0 bridgehead atoms. The van der Waals surface area contributed by atoms with Gasteiger partial charge in [-0.15, -0.1) is 0 Å². The van der Waals surface area contributed by atoms with E-state index in [4.69, 9.17) is 12.2 Å². The Labute approximate surface area is 153 Å². The predicted molar refractivity (Wildman–Crippen MR) is 101 cm³/mol. The highest BCUT2D eigenvalue weighted by Gasteiger charge is 2.23. The Bertz CT molecular complexity index is 780. The molecule has 2 N–H and O–H groups in total. The molecule has 2 heterocycles. The van der Waals surface area contributed by atoms with Crippen molar-refractivity contribution in [2.75, 3.05) is 19.6 Å². The number of hydrogen-bond donors (Lipinski definition) is 2. The van der Waals surface area contributed by atoms with Crippen LogP contribution in [0.3, 0.4) is 0 Å². The summed E-state index contributed by atoms with van der Waals surface area (Å²) in [6.45, 7) is 7.23. The number of amides is 1. The smallest absolute Gasteiger partial charge is 0.240 e. The minimum absolute atomic E-state index is 0.0335.